The van der Waals surface area contributed by atoms with Gasteiger partial charge in [-0.05, 0) is 23.1 Å². The van der Waals surface area contributed by atoms with E-state index in [1.165, 1.54) is 21.2 Å². The van der Waals surface area contributed by atoms with Crippen LogP contribution in [-0.2, 0) is 34.2 Å². The molecule has 0 spiro atoms. The number of hydrogen-bond donors (Lipinski definition) is 1. The summed E-state index contributed by atoms with van der Waals surface area (Å²) >= 11 is 1.40. The molecule has 2 aromatic carbocycles. The van der Waals surface area contributed by atoms with Crippen molar-refractivity contribution in [3.63, 3.8) is 0 Å². The van der Waals surface area contributed by atoms with E-state index in [0.29, 0.717) is 11.6 Å². The third-order valence-corrected chi connectivity index (χ3v) is 7.09. The zero-order valence-electron chi connectivity index (χ0n) is 15.9. The number of fused-ring (bicyclic) bond motifs is 1. The zero-order valence-corrected chi connectivity index (χ0v) is 17.5. The lowest BCUT2D eigenvalue weighted by atomic mass is 9.95. The highest BCUT2D eigenvalue weighted by molar-refractivity contribution is 7.88. The Morgan fingerprint density at radius 2 is 1.83 bits per heavy atom. The molecule has 6 nitrogen and oxygen atoms in total. The number of carbonyl (C=O) groups excluding carboxylic acids is 1. The number of nitrogens with one attached hydrogen (secondary N) is 1. The van der Waals surface area contributed by atoms with Crippen molar-refractivity contribution in [2.24, 2.45) is 0 Å². The van der Waals surface area contributed by atoms with Crippen molar-refractivity contribution >= 4 is 32.4 Å². The normalized spacial score (nSPS) is 16.9. The predicted octanol–water partition coefficient (Wildman–Crippen LogP) is 3.06. The number of amides is 1. The Hall–Kier alpha value is -2.55. The van der Waals surface area contributed by atoms with Crippen molar-refractivity contribution < 1.29 is 13.2 Å². The van der Waals surface area contributed by atoms with Crippen LogP contribution in [0, 0.1) is 0 Å². The number of carbonyl (C=O) groups is 1. The van der Waals surface area contributed by atoms with Crippen LogP contribution in [-0.4, -0.2) is 35.9 Å². The van der Waals surface area contributed by atoms with Gasteiger partial charge in [0, 0.05) is 24.0 Å². The molecule has 3 aromatic rings. The van der Waals surface area contributed by atoms with Crippen LogP contribution in [0.4, 0.5) is 5.13 Å². The van der Waals surface area contributed by atoms with E-state index in [0.717, 1.165) is 28.7 Å². The summed E-state index contributed by atoms with van der Waals surface area (Å²) in [5.41, 5.74) is 3.10. The van der Waals surface area contributed by atoms with Crippen molar-refractivity contribution in [1.82, 2.24) is 9.29 Å². The van der Waals surface area contributed by atoms with Crippen LogP contribution >= 0.6 is 11.3 Å². The minimum Gasteiger partial charge on any atom is -0.301 e. The number of nitrogens with zero attached hydrogens (tertiary/aromatic N) is 2. The number of anilines is 1. The average molecular weight is 428 g/mol. The van der Waals surface area contributed by atoms with Gasteiger partial charge in [0.25, 0.3) is 0 Å². The number of rotatable bonds is 5. The topological polar surface area (TPSA) is 79.4 Å². The maximum atomic E-state index is 13.0. The van der Waals surface area contributed by atoms with Gasteiger partial charge in [-0.15, -0.1) is 11.3 Å². The quantitative estimate of drug-likeness (QED) is 0.679. The summed E-state index contributed by atoms with van der Waals surface area (Å²) in [6.45, 7) is 0.199. The predicted molar refractivity (Wildman–Crippen MR) is 114 cm³/mol. The van der Waals surface area contributed by atoms with Gasteiger partial charge in [-0.1, -0.05) is 54.6 Å². The average Bonchev–Trinajstić information content (AvgIpc) is 3.13. The van der Waals surface area contributed by atoms with E-state index >= 15 is 0 Å². The summed E-state index contributed by atoms with van der Waals surface area (Å²) in [6, 6.07) is 16.9. The van der Waals surface area contributed by atoms with Crippen LogP contribution in [0.25, 0.3) is 0 Å². The lowest BCUT2D eigenvalue weighted by molar-refractivity contribution is -0.120. The van der Waals surface area contributed by atoms with E-state index < -0.39 is 16.1 Å². The van der Waals surface area contributed by atoms with E-state index in [-0.39, 0.29) is 12.5 Å². The summed E-state index contributed by atoms with van der Waals surface area (Å²) in [5, 5.41) is 3.29. The van der Waals surface area contributed by atoms with E-state index in [9.17, 15) is 13.2 Å². The second-order valence-electron chi connectivity index (χ2n) is 7.08. The first-order valence-electron chi connectivity index (χ1n) is 9.23. The second kappa shape index (κ2) is 8.06. The van der Waals surface area contributed by atoms with Gasteiger partial charge in [0.1, 0.15) is 6.04 Å². The van der Waals surface area contributed by atoms with Crippen molar-refractivity contribution in [3.8, 4) is 0 Å². The largest absolute Gasteiger partial charge is 0.301 e. The molecule has 2 heterocycles. The fraction of sp³-hybridized carbons (Fsp3) is 0.238. The Labute approximate surface area is 174 Å². The van der Waals surface area contributed by atoms with Gasteiger partial charge in [-0.2, -0.15) is 4.31 Å². The lowest BCUT2D eigenvalue weighted by Gasteiger charge is -2.33. The Morgan fingerprint density at radius 1 is 1.14 bits per heavy atom. The van der Waals surface area contributed by atoms with Crippen LogP contribution < -0.4 is 5.32 Å². The van der Waals surface area contributed by atoms with E-state index in [1.807, 2.05) is 54.6 Å². The molecule has 1 aromatic heterocycles. The molecule has 8 heteroatoms. The van der Waals surface area contributed by atoms with Crippen molar-refractivity contribution in [3.05, 3.63) is 82.4 Å². The van der Waals surface area contributed by atoms with Crippen molar-refractivity contribution in [2.75, 3.05) is 11.6 Å². The summed E-state index contributed by atoms with van der Waals surface area (Å²) in [7, 11) is -3.54. The Morgan fingerprint density at radius 3 is 2.55 bits per heavy atom. The highest BCUT2D eigenvalue weighted by Gasteiger charge is 2.37. The van der Waals surface area contributed by atoms with Crippen molar-refractivity contribution in [1.29, 1.82) is 0 Å². The Bertz CT molecular complexity index is 1130. The van der Waals surface area contributed by atoms with Crippen LogP contribution in [0.1, 0.15) is 21.6 Å². The number of sulfonamides is 1. The summed E-state index contributed by atoms with van der Waals surface area (Å²) in [5.74, 6) is -0.356. The Kier molecular flexibility index (Phi) is 5.49. The summed E-state index contributed by atoms with van der Waals surface area (Å²) in [6.07, 6.45) is 3.97. The highest BCUT2D eigenvalue weighted by Crippen LogP contribution is 2.27. The first-order valence-corrected chi connectivity index (χ1v) is 11.9. The zero-order chi connectivity index (χ0) is 20.4. The van der Waals surface area contributed by atoms with Gasteiger partial charge >= 0.3 is 0 Å². The molecule has 150 valence electrons. The smallest absolute Gasteiger partial charge is 0.244 e. The molecule has 0 saturated carbocycles. The molecule has 1 aliphatic heterocycles. The van der Waals surface area contributed by atoms with Crippen molar-refractivity contribution in [2.45, 2.75) is 25.4 Å². The van der Waals surface area contributed by atoms with E-state index in [1.54, 1.807) is 6.20 Å². The molecule has 1 aliphatic rings. The van der Waals surface area contributed by atoms with Crippen LogP contribution in [0.5, 0.6) is 0 Å². The first-order chi connectivity index (χ1) is 13.9. The lowest BCUT2D eigenvalue weighted by Crippen LogP contribution is -2.50. The SMILES string of the molecule is CS(=O)(=O)N1Cc2ccccc2CC1C(=O)Nc1ncc(Cc2ccccc2)s1. The van der Waals surface area contributed by atoms with Crippen LogP contribution in [0.15, 0.2) is 60.8 Å². The van der Waals surface area contributed by atoms with Gasteiger partial charge in [-0.3, -0.25) is 4.79 Å². The molecule has 1 unspecified atom stereocenters. The van der Waals surface area contributed by atoms with E-state index in [2.05, 4.69) is 10.3 Å². The molecule has 0 aliphatic carbocycles. The molecule has 4 rings (SSSR count). The van der Waals surface area contributed by atoms with Gasteiger partial charge < -0.3 is 5.32 Å². The molecule has 0 bridgehead atoms. The fourth-order valence-electron chi connectivity index (χ4n) is 3.50. The number of aromatic nitrogens is 1. The molecule has 1 amide bonds. The summed E-state index contributed by atoms with van der Waals surface area (Å²) in [4.78, 5) is 18.3. The summed E-state index contributed by atoms with van der Waals surface area (Å²) < 4.78 is 25.9. The van der Waals surface area contributed by atoms with Gasteiger partial charge in [0.2, 0.25) is 15.9 Å². The third kappa shape index (κ3) is 4.55. The van der Waals surface area contributed by atoms with Gasteiger partial charge in [0.05, 0.1) is 6.26 Å². The molecular formula is C21H21N3O3S2. The minimum absolute atomic E-state index is 0.199. The molecule has 0 radical (unpaired) electrons. The molecular weight excluding hydrogens is 406 g/mol. The third-order valence-electron chi connectivity index (χ3n) is 4.94. The number of thiazole rings is 1. The Balaban J connectivity index is 1.51. The molecule has 1 atom stereocenters. The minimum atomic E-state index is -3.54. The first kappa shape index (κ1) is 19.8. The maximum Gasteiger partial charge on any atom is 0.244 e. The number of hydrogen-bond acceptors (Lipinski definition) is 5. The van der Waals surface area contributed by atoms with Gasteiger partial charge in [0.15, 0.2) is 5.13 Å². The highest BCUT2D eigenvalue weighted by atomic mass is 32.2. The standard InChI is InChI=1S/C21H21N3O3S2/c1-29(26,27)24-14-17-10-6-5-9-16(17)12-19(24)20(25)23-21-22-13-18(28-21)11-15-7-3-2-4-8-15/h2-10,13,19H,11-12,14H2,1H3,(H,22,23,25). The molecule has 0 fully saturated rings. The monoisotopic (exact) mass is 427 g/mol. The van der Waals surface area contributed by atoms with Crippen LogP contribution in [0.3, 0.4) is 0 Å². The van der Waals surface area contributed by atoms with E-state index in [4.69, 9.17) is 0 Å². The second-order valence-corrected chi connectivity index (χ2v) is 10.1. The van der Waals surface area contributed by atoms with Crippen LogP contribution in [0.2, 0.25) is 0 Å². The maximum absolute atomic E-state index is 13.0. The molecule has 29 heavy (non-hydrogen) atoms. The molecule has 0 saturated heterocycles. The molecule has 1 N–H and O–H groups in total. The fourth-order valence-corrected chi connectivity index (χ4v) is 5.36. The number of benzene rings is 2. The van der Waals surface area contributed by atoms with Gasteiger partial charge in [-0.25, -0.2) is 13.4 Å².